The molecule has 0 aromatic heterocycles. The van der Waals surface area contributed by atoms with Crippen LogP contribution < -0.4 is 0 Å². The number of nitrogens with zero attached hydrogens (tertiary/aromatic N) is 1. The van der Waals surface area contributed by atoms with Crippen molar-refractivity contribution in [3.05, 3.63) is 65.7 Å². The summed E-state index contributed by atoms with van der Waals surface area (Å²) in [6, 6.07) is 16.3. The largest absolute Gasteiger partial charge is 0.396 e. The van der Waals surface area contributed by atoms with Crippen LogP contribution in [0.1, 0.15) is 38.3 Å². The highest BCUT2D eigenvalue weighted by atomic mass is 32.2. The van der Waals surface area contributed by atoms with Crippen LogP contribution in [0.5, 0.6) is 0 Å². The van der Waals surface area contributed by atoms with Crippen molar-refractivity contribution >= 4 is 10.0 Å². The van der Waals surface area contributed by atoms with E-state index in [1.165, 1.54) is 0 Å². The highest BCUT2D eigenvalue weighted by Gasteiger charge is 2.34. The molecule has 0 saturated carbocycles. The standard InChI is InChI=1S/C22H31NO3S/c1-17(2)14-22(19(4)16-24)23(15-20-8-6-5-7-9-20)27(25,26)21-12-10-18(3)11-13-21/h5-13,17,19,22,24H,14-16H2,1-4H3/t19-,22-/m0/s1. The average molecular weight is 390 g/mol. The second-order valence-electron chi connectivity index (χ2n) is 7.71. The monoisotopic (exact) mass is 389 g/mol. The molecule has 0 heterocycles. The Balaban J connectivity index is 2.51. The lowest BCUT2D eigenvalue weighted by molar-refractivity contribution is 0.141. The number of aliphatic hydroxyl groups is 1. The van der Waals surface area contributed by atoms with Gasteiger partial charge in [0.05, 0.1) is 4.90 Å². The predicted molar refractivity (Wildman–Crippen MR) is 110 cm³/mol. The summed E-state index contributed by atoms with van der Waals surface area (Å²) in [6.07, 6.45) is 0.694. The van der Waals surface area contributed by atoms with E-state index in [0.717, 1.165) is 11.1 Å². The Morgan fingerprint density at radius 1 is 0.963 bits per heavy atom. The second-order valence-corrected chi connectivity index (χ2v) is 9.60. The lowest BCUT2D eigenvalue weighted by atomic mass is 9.93. The van der Waals surface area contributed by atoms with Crippen molar-refractivity contribution in [2.24, 2.45) is 11.8 Å². The van der Waals surface area contributed by atoms with Crippen molar-refractivity contribution in [3.8, 4) is 0 Å². The van der Waals surface area contributed by atoms with E-state index < -0.39 is 10.0 Å². The normalized spacial score (nSPS) is 14.5. The van der Waals surface area contributed by atoms with Gasteiger partial charge < -0.3 is 5.11 Å². The molecular weight excluding hydrogens is 358 g/mol. The Kier molecular flexibility index (Phi) is 7.59. The summed E-state index contributed by atoms with van der Waals surface area (Å²) in [5, 5.41) is 9.78. The van der Waals surface area contributed by atoms with Crippen LogP contribution in [0.15, 0.2) is 59.5 Å². The third-order valence-electron chi connectivity index (χ3n) is 4.84. The summed E-state index contributed by atoms with van der Waals surface area (Å²) >= 11 is 0. The van der Waals surface area contributed by atoms with Gasteiger partial charge in [-0.1, -0.05) is 68.8 Å². The quantitative estimate of drug-likeness (QED) is 0.698. The number of benzene rings is 2. The van der Waals surface area contributed by atoms with Gasteiger partial charge in [-0.2, -0.15) is 4.31 Å². The van der Waals surface area contributed by atoms with Crippen molar-refractivity contribution in [1.29, 1.82) is 0 Å². The van der Waals surface area contributed by atoms with Crippen LogP contribution in [0.2, 0.25) is 0 Å². The van der Waals surface area contributed by atoms with Crippen LogP contribution in [0.4, 0.5) is 0 Å². The van der Waals surface area contributed by atoms with Crippen LogP contribution in [0, 0.1) is 18.8 Å². The molecule has 0 saturated heterocycles. The average Bonchev–Trinajstić information content (AvgIpc) is 2.64. The van der Waals surface area contributed by atoms with Crippen molar-refractivity contribution in [2.75, 3.05) is 6.61 Å². The highest BCUT2D eigenvalue weighted by Crippen LogP contribution is 2.28. The Morgan fingerprint density at radius 2 is 1.56 bits per heavy atom. The summed E-state index contributed by atoms with van der Waals surface area (Å²) in [4.78, 5) is 0.294. The Bertz CT molecular complexity index is 801. The number of hydrogen-bond acceptors (Lipinski definition) is 3. The van der Waals surface area contributed by atoms with Crippen molar-refractivity contribution in [2.45, 2.75) is 51.6 Å². The molecule has 2 aromatic carbocycles. The molecule has 0 spiro atoms. The van der Waals surface area contributed by atoms with Gasteiger partial charge in [0.25, 0.3) is 0 Å². The molecule has 2 atom stereocenters. The summed E-state index contributed by atoms with van der Waals surface area (Å²) in [6.45, 7) is 8.25. The molecule has 0 radical (unpaired) electrons. The third kappa shape index (κ3) is 5.64. The molecule has 0 aliphatic carbocycles. The molecule has 27 heavy (non-hydrogen) atoms. The molecule has 0 amide bonds. The first-order valence-corrected chi connectivity index (χ1v) is 10.9. The molecule has 2 aromatic rings. The molecule has 4 nitrogen and oxygen atoms in total. The van der Waals surface area contributed by atoms with Gasteiger partial charge in [-0.25, -0.2) is 8.42 Å². The predicted octanol–water partition coefficient (Wildman–Crippen LogP) is 4.23. The number of rotatable bonds is 9. The summed E-state index contributed by atoms with van der Waals surface area (Å²) in [5.74, 6) is 0.159. The molecule has 2 rings (SSSR count). The second kappa shape index (κ2) is 9.49. The molecule has 148 valence electrons. The van der Waals surface area contributed by atoms with E-state index in [4.69, 9.17) is 0 Å². The van der Waals surface area contributed by atoms with Crippen LogP contribution >= 0.6 is 0 Å². The maximum Gasteiger partial charge on any atom is 0.243 e. The van der Waals surface area contributed by atoms with Gasteiger partial charge in [-0.3, -0.25) is 0 Å². The minimum atomic E-state index is -3.69. The first-order valence-electron chi connectivity index (χ1n) is 9.49. The zero-order chi connectivity index (χ0) is 20.0. The molecule has 5 heteroatoms. The number of aliphatic hydroxyl groups excluding tert-OH is 1. The molecule has 0 fully saturated rings. The van der Waals surface area contributed by atoms with Crippen LogP contribution in [-0.4, -0.2) is 30.5 Å². The topological polar surface area (TPSA) is 57.6 Å². The molecule has 1 N–H and O–H groups in total. The van der Waals surface area contributed by atoms with Gasteiger partial charge in [-0.05, 0) is 42.9 Å². The van der Waals surface area contributed by atoms with Crippen molar-refractivity contribution in [1.82, 2.24) is 4.31 Å². The van der Waals surface area contributed by atoms with E-state index in [-0.39, 0.29) is 18.6 Å². The van der Waals surface area contributed by atoms with Crippen LogP contribution in [0.25, 0.3) is 0 Å². The van der Waals surface area contributed by atoms with Gasteiger partial charge in [0.2, 0.25) is 10.0 Å². The number of sulfonamides is 1. The van der Waals surface area contributed by atoms with Crippen LogP contribution in [-0.2, 0) is 16.6 Å². The van der Waals surface area contributed by atoms with E-state index in [9.17, 15) is 13.5 Å². The Labute approximate surface area is 163 Å². The SMILES string of the molecule is Cc1ccc(S(=O)(=O)N(Cc2ccccc2)[C@@H](CC(C)C)[C@@H](C)CO)cc1. The zero-order valence-corrected chi connectivity index (χ0v) is 17.5. The smallest absolute Gasteiger partial charge is 0.243 e. The van der Waals surface area contributed by atoms with Crippen molar-refractivity contribution < 1.29 is 13.5 Å². The Hall–Kier alpha value is -1.69. The molecule has 0 bridgehead atoms. The third-order valence-corrected chi connectivity index (χ3v) is 6.72. The fourth-order valence-electron chi connectivity index (χ4n) is 3.23. The van der Waals surface area contributed by atoms with Gasteiger partial charge in [0.1, 0.15) is 0 Å². The first kappa shape index (κ1) is 21.6. The molecule has 0 unspecified atom stereocenters. The highest BCUT2D eigenvalue weighted by molar-refractivity contribution is 7.89. The summed E-state index contributed by atoms with van der Waals surface area (Å²) in [5.41, 5.74) is 1.96. The van der Waals surface area contributed by atoms with E-state index in [0.29, 0.717) is 23.8 Å². The van der Waals surface area contributed by atoms with E-state index in [1.807, 2.05) is 56.3 Å². The lowest BCUT2D eigenvalue weighted by Crippen LogP contribution is -2.45. The Morgan fingerprint density at radius 3 is 2.07 bits per heavy atom. The summed E-state index contributed by atoms with van der Waals surface area (Å²) < 4.78 is 28.6. The minimum Gasteiger partial charge on any atom is -0.396 e. The maximum absolute atomic E-state index is 13.5. The molecular formula is C22H31NO3S. The van der Waals surface area contributed by atoms with Gasteiger partial charge in [0, 0.05) is 19.2 Å². The van der Waals surface area contributed by atoms with Crippen molar-refractivity contribution in [3.63, 3.8) is 0 Å². The minimum absolute atomic E-state index is 0.0495. The fourth-order valence-corrected chi connectivity index (χ4v) is 4.95. The zero-order valence-electron chi connectivity index (χ0n) is 16.7. The fraction of sp³-hybridized carbons (Fsp3) is 0.455. The maximum atomic E-state index is 13.5. The lowest BCUT2D eigenvalue weighted by Gasteiger charge is -2.35. The van der Waals surface area contributed by atoms with Crippen LogP contribution in [0.3, 0.4) is 0 Å². The molecule has 0 aliphatic rings. The van der Waals surface area contributed by atoms with Gasteiger partial charge in [-0.15, -0.1) is 0 Å². The number of aryl methyl sites for hydroxylation is 1. The van der Waals surface area contributed by atoms with Gasteiger partial charge >= 0.3 is 0 Å². The number of hydrogen-bond donors (Lipinski definition) is 1. The van der Waals surface area contributed by atoms with Gasteiger partial charge in [0.15, 0.2) is 0 Å². The summed E-state index contributed by atoms with van der Waals surface area (Å²) in [7, 11) is -3.69. The van der Waals surface area contributed by atoms with E-state index >= 15 is 0 Å². The van der Waals surface area contributed by atoms with E-state index in [1.54, 1.807) is 16.4 Å². The van der Waals surface area contributed by atoms with E-state index in [2.05, 4.69) is 13.8 Å². The first-order chi connectivity index (χ1) is 12.8. The molecule has 0 aliphatic heterocycles.